The Hall–Kier alpha value is -1.42. The molecule has 0 saturated heterocycles. The Morgan fingerprint density at radius 2 is 1.90 bits per heavy atom. The summed E-state index contributed by atoms with van der Waals surface area (Å²) in [6.07, 6.45) is 0.722. The van der Waals surface area contributed by atoms with Crippen molar-refractivity contribution in [1.82, 2.24) is 5.43 Å². The molecule has 2 aromatic rings. The lowest BCUT2D eigenvalue weighted by molar-refractivity contribution is 0.549. The Bertz CT molecular complexity index is 613. The molecule has 1 atom stereocenters. The van der Waals surface area contributed by atoms with Gasteiger partial charge in [0, 0.05) is 0 Å². The van der Waals surface area contributed by atoms with Crippen LogP contribution in [-0.4, -0.2) is 0 Å². The average molecular weight is 293 g/mol. The molecule has 2 rings (SSSR count). The molecule has 106 valence electrons. The lowest BCUT2D eigenvalue weighted by Gasteiger charge is -2.17. The summed E-state index contributed by atoms with van der Waals surface area (Å²) in [6.45, 7) is 4.16. The lowest BCUT2D eigenvalue weighted by atomic mass is 9.97. The van der Waals surface area contributed by atoms with Crippen molar-refractivity contribution in [3.05, 3.63) is 69.5 Å². The SMILES string of the molecule is Cc1ccc(CC(NN)c2ccc(F)c(Cl)c2)cc1C. The summed E-state index contributed by atoms with van der Waals surface area (Å²) in [7, 11) is 0. The minimum absolute atomic E-state index is 0.102. The third-order valence-corrected chi connectivity index (χ3v) is 3.85. The molecule has 0 heterocycles. The van der Waals surface area contributed by atoms with Crippen molar-refractivity contribution in [2.45, 2.75) is 26.3 Å². The molecule has 0 aromatic heterocycles. The Kier molecular flexibility index (Phi) is 4.76. The first-order valence-electron chi connectivity index (χ1n) is 6.48. The van der Waals surface area contributed by atoms with Gasteiger partial charge in [0.15, 0.2) is 0 Å². The molecule has 0 bridgehead atoms. The first-order chi connectivity index (χ1) is 9.51. The fourth-order valence-corrected chi connectivity index (χ4v) is 2.36. The van der Waals surface area contributed by atoms with E-state index < -0.39 is 5.82 Å². The summed E-state index contributed by atoms with van der Waals surface area (Å²) in [6, 6.07) is 10.9. The van der Waals surface area contributed by atoms with Gasteiger partial charge in [0.1, 0.15) is 5.82 Å². The van der Waals surface area contributed by atoms with Crippen molar-refractivity contribution in [3.8, 4) is 0 Å². The minimum atomic E-state index is -0.419. The predicted molar refractivity (Wildman–Crippen MR) is 81.1 cm³/mol. The van der Waals surface area contributed by atoms with E-state index in [9.17, 15) is 4.39 Å². The van der Waals surface area contributed by atoms with E-state index in [4.69, 9.17) is 17.4 Å². The molecule has 1 unspecified atom stereocenters. The van der Waals surface area contributed by atoms with Gasteiger partial charge in [-0.3, -0.25) is 11.3 Å². The number of aryl methyl sites for hydroxylation is 2. The van der Waals surface area contributed by atoms with Gasteiger partial charge in [-0.2, -0.15) is 0 Å². The van der Waals surface area contributed by atoms with Crippen LogP contribution in [-0.2, 0) is 6.42 Å². The van der Waals surface area contributed by atoms with E-state index in [1.807, 2.05) is 0 Å². The number of hydrazine groups is 1. The topological polar surface area (TPSA) is 38.0 Å². The van der Waals surface area contributed by atoms with Crippen LogP contribution in [0.2, 0.25) is 5.02 Å². The van der Waals surface area contributed by atoms with Crippen molar-refractivity contribution >= 4 is 11.6 Å². The maximum atomic E-state index is 13.2. The molecule has 20 heavy (non-hydrogen) atoms. The Balaban J connectivity index is 2.23. The number of rotatable bonds is 4. The Labute approximate surface area is 123 Å². The Morgan fingerprint density at radius 1 is 1.15 bits per heavy atom. The second-order valence-corrected chi connectivity index (χ2v) is 5.42. The number of halogens is 2. The van der Waals surface area contributed by atoms with Crippen molar-refractivity contribution in [1.29, 1.82) is 0 Å². The molecule has 2 nitrogen and oxygen atoms in total. The number of hydrogen-bond acceptors (Lipinski definition) is 2. The molecule has 2 aromatic carbocycles. The first-order valence-corrected chi connectivity index (χ1v) is 6.86. The van der Waals surface area contributed by atoms with Gasteiger partial charge < -0.3 is 0 Å². The van der Waals surface area contributed by atoms with E-state index in [1.165, 1.54) is 22.8 Å². The molecule has 0 aliphatic carbocycles. The molecular formula is C16H18ClFN2. The molecule has 0 aliphatic rings. The van der Waals surface area contributed by atoms with Crippen molar-refractivity contribution in [3.63, 3.8) is 0 Å². The van der Waals surface area contributed by atoms with E-state index in [2.05, 4.69) is 37.5 Å². The quantitative estimate of drug-likeness (QED) is 0.664. The standard InChI is InChI=1S/C16H18ClFN2/c1-10-3-4-12(7-11(10)2)8-16(20-19)13-5-6-15(18)14(17)9-13/h3-7,9,16,20H,8,19H2,1-2H3. The van der Waals surface area contributed by atoms with Gasteiger partial charge >= 0.3 is 0 Å². The van der Waals surface area contributed by atoms with E-state index in [0.717, 1.165) is 12.0 Å². The van der Waals surface area contributed by atoms with Crippen LogP contribution in [0.4, 0.5) is 4.39 Å². The maximum Gasteiger partial charge on any atom is 0.141 e. The highest BCUT2D eigenvalue weighted by Gasteiger charge is 2.13. The van der Waals surface area contributed by atoms with E-state index in [0.29, 0.717) is 0 Å². The van der Waals surface area contributed by atoms with Crippen LogP contribution < -0.4 is 11.3 Å². The largest absolute Gasteiger partial charge is 0.271 e. The molecule has 0 fully saturated rings. The summed E-state index contributed by atoms with van der Waals surface area (Å²) in [5.41, 5.74) is 7.32. The third-order valence-electron chi connectivity index (χ3n) is 3.56. The first kappa shape index (κ1) is 15.0. The highest BCUT2D eigenvalue weighted by atomic mass is 35.5. The fraction of sp³-hybridized carbons (Fsp3) is 0.250. The number of hydrogen-bond donors (Lipinski definition) is 2. The van der Waals surface area contributed by atoms with Gasteiger partial charge in [0.25, 0.3) is 0 Å². The van der Waals surface area contributed by atoms with Crippen LogP contribution in [0, 0.1) is 19.7 Å². The third kappa shape index (κ3) is 3.37. The van der Waals surface area contributed by atoms with Crippen LogP contribution in [0.1, 0.15) is 28.3 Å². The molecule has 0 aliphatic heterocycles. The second kappa shape index (κ2) is 6.35. The number of nitrogens with one attached hydrogen (secondary N) is 1. The molecule has 0 radical (unpaired) electrons. The molecule has 0 spiro atoms. The summed E-state index contributed by atoms with van der Waals surface area (Å²) in [5, 5.41) is 0.114. The van der Waals surface area contributed by atoms with Gasteiger partial charge in [-0.1, -0.05) is 35.9 Å². The minimum Gasteiger partial charge on any atom is -0.271 e. The summed E-state index contributed by atoms with van der Waals surface area (Å²) in [4.78, 5) is 0. The zero-order valence-electron chi connectivity index (χ0n) is 11.6. The van der Waals surface area contributed by atoms with Gasteiger partial charge in [0.2, 0.25) is 0 Å². The normalized spacial score (nSPS) is 12.4. The second-order valence-electron chi connectivity index (χ2n) is 5.02. The van der Waals surface area contributed by atoms with Gasteiger partial charge in [-0.15, -0.1) is 0 Å². The van der Waals surface area contributed by atoms with Gasteiger partial charge in [-0.25, -0.2) is 4.39 Å². The summed E-state index contributed by atoms with van der Waals surface area (Å²) >= 11 is 5.82. The molecule has 0 amide bonds. The molecule has 4 heteroatoms. The predicted octanol–water partition coefficient (Wildman–Crippen LogP) is 3.84. The van der Waals surface area contributed by atoms with Crippen molar-refractivity contribution < 1.29 is 4.39 Å². The molecular weight excluding hydrogens is 275 g/mol. The molecule has 3 N–H and O–H groups in total. The lowest BCUT2D eigenvalue weighted by Crippen LogP contribution is -2.29. The van der Waals surface area contributed by atoms with Crippen molar-refractivity contribution in [2.24, 2.45) is 5.84 Å². The van der Waals surface area contributed by atoms with Crippen LogP contribution in [0.3, 0.4) is 0 Å². The van der Waals surface area contributed by atoms with Gasteiger partial charge in [-0.05, 0) is 54.7 Å². The van der Waals surface area contributed by atoms with E-state index in [1.54, 1.807) is 12.1 Å². The van der Waals surface area contributed by atoms with Gasteiger partial charge in [0.05, 0.1) is 11.1 Å². The number of nitrogens with two attached hydrogens (primary N) is 1. The zero-order valence-corrected chi connectivity index (χ0v) is 12.3. The average Bonchev–Trinajstić information content (AvgIpc) is 2.43. The van der Waals surface area contributed by atoms with Crippen LogP contribution in [0.5, 0.6) is 0 Å². The van der Waals surface area contributed by atoms with Crippen LogP contribution in [0.15, 0.2) is 36.4 Å². The Morgan fingerprint density at radius 3 is 2.50 bits per heavy atom. The van der Waals surface area contributed by atoms with Crippen molar-refractivity contribution in [2.75, 3.05) is 0 Å². The fourth-order valence-electron chi connectivity index (χ4n) is 2.17. The van der Waals surface area contributed by atoms with Crippen LogP contribution in [0.25, 0.3) is 0 Å². The summed E-state index contributed by atoms with van der Waals surface area (Å²) in [5.74, 6) is 5.20. The van der Waals surface area contributed by atoms with E-state index in [-0.39, 0.29) is 11.1 Å². The number of benzene rings is 2. The van der Waals surface area contributed by atoms with Crippen LogP contribution >= 0.6 is 11.6 Å². The molecule has 0 saturated carbocycles. The maximum absolute atomic E-state index is 13.2. The highest BCUT2D eigenvalue weighted by Crippen LogP contribution is 2.24. The van der Waals surface area contributed by atoms with E-state index >= 15 is 0 Å². The summed E-state index contributed by atoms with van der Waals surface area (Å²) < 4.78 is 13.2. The highest BCUT2D eigenvalue weighted by molar-refractivity contribution is 6.30. The zero-order chi connectivity index (χ0) is 14.7. The smallest absolute Gasteiger partial charge is 0.141 e. The monoisotopic (exact) mass is 292 g/mol.